The molecule has 4 nitrogen and oxygen atoms in total. The van der Waals surface area contributed by atoms with E-state index in [-0.39, 0.29) is 23.2 Å². The number of halogens is 1. The molecular formula is C23H25FN2O2. The Morgan fingerprint density at radius 2 is 2.04 bits per heavy atom. The van der Waals surface area contributed by atoms with Crippen molar-refractivity contribution in [2.45, 2.75) is 46.1 Å². The molecule has 0 spiro atoms. The number of likely N-dealkylation sites (tertiary alicyclic amines) is 1. The average molecular weight is 380 g/mol. The van der Waals surface area contributed by atoms with E-state index >= 15 is 0 Å². The van der Waals surface area contributed by atoms with Crippen LogP contribution in [0.25, 0.3) is 22.2 Å². The van der Waals surface area contributed by atoms with Crippen molar-refractivity contribution in [3.8, 4) is 11.1 Å². The highest BCUT2D eigenvalue weighted by Gasteiger charge is 2.34. The molecule has 1 atom stereocenters. The number of hydrogen-bond donors (Lipinski definition) is 0. The molecule has 1 aliphatic rings. The summed E-state index contributed by atoms with van der Waals surface area (Å²) in [5.74, 6) is 0.449. The highest BCUT2D eigenvalue weighted by atomic mass is 19.1. The second-order valence-corrected chi connectivity index (χ2v) is 8.70. The van der Waals surface area contributed by atoms with Gasteiger partial charge in [0.25, 0.3) is 0 Å². The van der Waals surface area contributed by atoms with Crippen molar-refractivity contribution < 1.29 is 13.6 Å². The zero-order valence-electron chi connectivity index (χ0n) is 16.5. The van der Waals surface area contributed by atoms with Crippen LogP contribution in [-0.2, 0) is 4.79 Å². The van der Waals surface area contributed by atoms with Crippen LogP contribution >= 0.6 is 0 Å². The molecule has 5 heteroatoms. The van der Waals surface area contributed by atoms with Gasteiger partial charge < -0.3 is 9.32 Å². The molecule has 1 saturated heterocycles. The van der Waals surface area contributed by atoms with Gasteiger partial charge in [-0.2, -0.15) is 0 Å². The maximum atomic E-state index is 14.1. The standard InChI is InChI=1S/C23H25FN2O2/c1-23(2,3)14-21(27)26-12-6-9-19(26)22-25-18-13-15(10-11-20(18)28-22)16-7-4-5-8-17(16)24/h4-5,7-8,10-11,13,19H,6,9,12,14H2,1-3H3/t19-/m0/s1. The predicted octanol–water partition coefficient (Wildman–Crippen LogP) is 5.73. The molecule has 146 valence electrons. The lowest BCUT2D eigenvalue weighted by atomic mass is 9.91. The summed E-state index contributed by atoms with van der Waals surface area (Å²) in [6, 6.07) is 12.1. The summed E-state index contributed by atoms with van der Waals surface area (Å²) in [6.07, 6.45) is 2.30. The lowest BCUT2D eigenvalue weighted by molar-refractivity contribution is -0.134. The van der Waals surface area contributed by atoms with Crippen LogP contribution in [0.2, 0.25) is 0 Å². The van der Waals surface area contributed by atoms with E-state index in [1.54, 1.807) is 12.1 Å². The Morgan fingerprint density at radius 1 is 1.25 bits per heavy atom. The largest absolute Gasteiger partial charge is 0.438 e. The topological polar surface area (TPSA) is 46.3 Å². The van der Waals surface area contributed by atoms with Gasteiger partial charge in [-0.05, 0) is 42.0 Å². The molecule has 2 aromatic carbocycles. The van der Waals surface area contributed by atoms with Crippen LogP contribution in [0.3, 0.4) is 0 Å². The first kappa shape index (κ1) is 18.7. The Hall–Kier alpha value is -2.69. The number of aromatic nitrogens is 1. The van der Waals surface area contributed by atoms with Gasteiger partial charge in [0, 0.05) is 18.5 Å². The number of nitrogens with zero attached hydrogens (tertiary/aromatic N) is 2. The zero-order chi connectivity index (χ0) is 19.9. The van der Waals surface area contributed by atoms with Crippen molar-refractivity contribution in [3.05, 3.63) is 54.2 Å². The van der Waals surface area contributed by atoms with Crippen LogP contribution in [0, 0.1) is 11.2 Å². The molecule has 0 unspecified atom stereocenters. The Labute approximate surface area is 164 Å². The van der Waals surface area contributed by atoms with E-state index in [1.807, 2.05) is 29.2 Å². The number of carbonyl (C=O) groups is 1. The number of benzene rings is 2. The minimum absolute atomic E-state index is 0.0554. The van der Waals surface area contributed by atoms with Crippen molar-refractivity contribution in [2.75, 3.05) is 6.54 Å². The third-order valence-corrected chi connectivity index (χ3v) is 5.13. The molecule has 4 rings (SSSR count). The molecule has 1 amide bonds. The fraction of sp³-hybridized carbons (Fsp3) is 0.391. The minimum Gasteiger partial charge on any atom is -0.438 e. The van der Waals surface area contributed by atoms with E-state index in [9.17, 15) is 9.18 Å². The van der Waals surface area contributed by atoms with Gasteiger partial charge in [0.2, 0.25) is 11.8 Å². The number of oxazole rings is 1. The lowest BCUT2D eigenvalue weighted by Crippen LogP contribution is -2.33. The SMILES string of the molecule is CC(C)(C)CC(=O)N1CCC[C@H]1c1nc2cc(-c3ccccc3F)ccc2o1. The maximum absolute atomic E-state index is 14.1. The van der Waals surface area contributed by atoms with Crippen molar-refractivity contribution in [1.82, 2.24) is 9.88 Å². The first-order valence-corrected chi connectivity index (χ1v) is 9.77. The van der Waals surface area contributed by atoms with Crippen LogP contribution in [0.1, 0.15) is 52.0 Å². The minimum atomic E-state index is -0.264. The van der Waals surface area contributed by atoms with Crippen molar-refractivity contribution >= 4 is 17.0 Å². The monoisotopic (exact) mass is 380 g/mol. The summed E-state index contributed by atoms with van der Waals surface area (Å²) < 4.78 is 20.1. The molecule has 1 aromatic heterocycles. The molecule has 3 aromatic rings. The van der Waals surface area contributed by atoms with Gasteiger partial charge in [-0.15, -0.1) is 0 Å². The second-order valence-electron chi connectivity index (χ2n) is 8.70. The first-order chi connectivity index (χ1) is 13.3. The van der Waals surface area contributed by atoms with Gasteiger partial charge in [-0.1, -0.05) is 45.0 Å². The number of amides is 1. The molecule has 2 heterocycles. The van der Waals surface area contributed by atoms with Crippen LogP contribution in [0.4, 0.5) is 4.39 Å². The molecule has 28 heavy (non-hydrogen) atoms. The van der Waals surface area contributed by atoms with Gasteiger partial charge in [0.1, 0.15) is 17.4 Å². The Balaban J connectivity index is 1.64. The van der Waals surface area contributed by atoms with Crippen LogP contribution in [-0.4, -0.2) is 22.3 Å². The van der Waals surface area contributed by atoms with E-state index in [1.165, 1.54) is 6.07 Å². The first-order valence-electron chi connectivity index (χ1n) is 9.77. The van der Waals surface area contributed by atoms with Crippen LogP contribution < -0.4 is 0 Å². The van der Waals surface area contributed by atoms with E-state index in [0.717, 1.165) is 24.9 Å². The van der Waals surface area contributed by atoms with Crippen molar-refractivity contribution in [1.29, 1.82) is 0 Å². The van der Waals surface area contributed by atoms with Crippen molar-refractivity contribution in [3.63, 3.8) is 0 Å². The molecule has 1 fully saturated rings. The Morgan fingerprint density at radius 3 is 2.79 bits per heavy atom. The Bertz CT molecular complexity index is 1020. The zero-order valence-corrected chi connectivity index (χ0v) is 16.5. The van der Waals surface area contributed by atoms with E-state index in [0.29, 0.717) is 29.0 Å². The summed E-state index contributed by atoms with van der Waals surface area (Å²) in [4.78, 5) is 19.3. The van der Waals surface area contributed by atoms with Crippen molar-refractivity contribution in [2.24, 2.45) is 5.41 Å². The van der Waals surface area contributed by atoms with E-state index in [2.05, 4.69) is 25.8 Å². The molecule has 0 bridgehead atoms. The average Bonchev–Trinajstić information content (AvgIpc) is 3.26. The summed E-state index contributed by atoms with van der Waals surface area (Å²) in [6.45, 7) is 6.94. The molecule has 1 aliphatic heterocycles. The quantitative estimate of drug-likeness (QED) is 0.583. The molecular weight excluding hydrogens is 355 g/mol. The van der Waals surface area contributed by atoms with E-state index in [4.69, 9.17) is 4.42 Å². The highest BCUT2D eigenvalue weighted by molar-refractivity contribution is 5.81. The van der Waals surface area contributed by atoms with Gasteiger partial charge in [-0.25, -0.2) is 9.37 Å². The normalized spacial score (nSPS) is 17.4. The summed E-state index contributed by atoms with van der Waals surface area (Å²) in [5.41, 5.74) is 2.59. The lowest BCUT2D eigenvalue weighted by Gasteiger charge is -2.26. The second kappa shape index (κ2) is 7.04. The van der Waals surface area contributed by atoms with E-state index < -0.39 is 0 Å². The van der Waals surface area contributed by atoms with Crippen LogP contribution in [0.5, 0.6) is 0 Å². The van der Waals surface area contributed by atoms with Gasteiger partial charge >= 0.3 is 0 Å². The van der Waals surface area contributed by atoms with Gasteiger partial charge in [0.15, 0.2) is 5.58 Å². The summed E-state index contributed by atoms with van der Waals surface area (Å²) >= 11 is 0. The summed E-state index contributed by atoms with van der Waals surface area (Å²) in [5, 5.41) is 0. The number of carbonyl (C=O) groups excluding carboxylic acids is 1. The fourth-order valence-electron chi connectivity index (χ4n) is 3.83. The maximum Gasteiger partial charge on any atom is 0.223 e. The molecule has 0 N–H and O–H groups in total. The number of fused-ring (bicyclic) bond motifs is 1. The third-order valence-electron chi connectivity index (χ3n) is 5.13. The van der Waals surface area contributed by atoms with Crippen LogP contribution in [0.15, 0.2) is 46.9 Å². The molecule has 0 aliphatic carbocycles. The predicted molar refractivity (Wildman–Crippen MR) is 107 cm³/mol. The highest BCUT2D eigenvalue weighted by Crippen LogP contribution is 2.36. The third kappa shape index (κ3) is 3.66. The van der Waals surface area contributed by atoms with Gasteiger partial charge in [-0.3, -0.25) is 4.79 Å². The molecule has 0 saturated carbocycles. The smallest absolute Gasteiger partial charge is 0.223 e. The number of rotatable bonds is 3. The fourth-order valence-corrected chi connectivity index (χ4v) is 3.83. The summed E-state index contributed by atoms with van der Waals surface area (Å²) in [7, 11) is 0. The molecule has 0 radical (unpaired) electrons. The van der Waals surface area contributed by atoms with Gasteiger partial charge in [0.05, 0.1) is 0 Å². The number of hydrogen-bond acceptors (Lipinski definition) is 3. The Kier molecular flexibility index (Phi) is 4.69.